The van der Waals surface area contributed by atoms with Crippen molar-refractivity contribution in [3.8, 4) is 5.75 Å². The average molecular weight is 291 g/mol. The molecule has 21 heavy (non-hydrogen) atoms. The number of hydrogen-bond acceptors (Lipinski definition) is 4. The molecule has 4 heteroatoms. The highest BCUT2D eigenvalue weighted by Crippen LogP contribution is 2.20. The minimum absolute atomic E-state index is 0.0744. The summed E-state index contributed by atoms with van der Waals surface area (Å²) in [6.45, 7) is 8.47. The van der Waals surface area contributed by atoms with Crippen LogP contribution in [0.15, 0.2) is 36.4 Å². The van der Waals surface area contributed by atoms with Crippen LogP contribution in [0.3, 0.4) is 0 Å². The maximum atomic E-state index is 11.2. The minimum atomic E-state index is -0.159. The summed E-state index contributed by atoms with van der Waals surface area (Å²) in [6.07, 6.45) is 1.90. The van der Waals surface area contributed by atoms with E-state index in [1.807, 2.05) is 31.2 Å². The van der Waals surface area contributed by atoms with Gasteiger partial charge in [0.2, 0.25) is 0 Å². The van der Waals surface area contributed by atoms with Gasteiger partial charge >= 0.3 is 5.97 Å². The standard InChI is InChI=1S/C17H25NO3/c1-4-20-17(19)7-5-6-16(18)14-8-10-15(11-9-14)21-12-13(2)3/h8-11,16H,2,4-7,12,18H2,1,3H3. The molecule has 0 spiro atoms. The first-order chi connectivity index (χ1) is 10.0. The molecule has 0 bridgehead atoms. The molecule has 0 saturated carbocycles. The van der Waals surface area contributed by atoms with Crippen molar-refractivity contribution in [3.05, 3.63) is 42.0 Å². The van der Waals surface area contributed by atoms with Crippen molar-refractivity contribution < 1.29 is 14.3 Å². The number of nitrogens with two attached hydrogens (primary N) is 1. The third-order valence-corrected chi connectivity index (χ3v) is 2.99. The topological polar surface area (TPSA) is 61.5 Å². The van der Waals surface area contributed by atoms with Crippen LogP contribution in [0.1, 0.15) is 44.7 Å². The van der Waals surface area contributed by atoms with E-state index >= 15 is 0 Å². The SMILES string of the molecule is C=C(C)COc1ccc(C(N)CCCC(=O)OCC)cc1. The summed E-state index contributed by atoms with van der Waals surface area (Å²) in [4.78, 5) is 11.2. The Labute approximate surface area is 126 Å². The van der Waals surface area contributed by atoms with Gasteiger partial charge < -0.3 is 15.2 Å². The van der Waals surface area contributed by atoms with Gasteiger partial charge in [-0.25, -0.2) is 0 Å². The summed E-state index contributed by atoms with van der Waals surface area (Å²) in [5.74, 6) is 0.647. The minimum Gasteiger partial charge on any atom is -0.489 e. The highest BCUT2D eigenvalue weighted by atomic mass is 16.5. The second-order valence-corrected chi connectivity index (χ2v) is 5.12. The van der Waals surface area contributed by atoms with Gasteiger partial charge in [-0.1, -0.05) is 18.7 Å². The Morgan fingerprint density at radius 2 is 2.00 bits per heavy atom. The maximum Gasteiger partial charge on any atom is 0.305 e. The first kappa shape index (κ1) is 17.2. The van der Waals surface area contributed by atoms with Gasteiger partial charge in [0.1, 0.15) is 12.4 Å². The normalized spacial score (nSPS) is 11.8. The van der Waals surface area contributed by atoms with E-state index in [9.17, 15) is 4.79 Å². The van der Waals surface area contributed by atoms with Crippen molar-refractivity contribution in [2.75, 3.05) is 13.2 Å². The van der Waals surface area contributed by atoms with Crippen LogP contribution < -0.4 is 10.5 Å². The Balaban J connectivity index is 2.38. The van der Waals surface area contributed by atoms with Crippen LogP contribution >= 0.6 is 0 Å². The van der Waals surface area contributed by atoms with Gasteiger partial charge in [0.25, 0.3) is 0 Å². The fraction of sp³-hybridized carbons (Fsp3) is 0.471. The summed E-state index contributed by atoms with van der Waals surface area (Å²) >= 11 is 0. The first-order valence-corrected chi connectivity index (χ1v) is 7.31. The lowest BCUT2D eigenvalue weighted by molar-refractivity contribution is -0.143. The third kappa shape index (κ3) is 6.95. The molecule has 0 radical (unpaired) electrons. The van der Waals surface area contributed by atoms with Gasteiger partial charge in [-0.15, -0.1) is 0 Å². The van der Waals surface area contributed by atoms with Gasteiger partial charge in [0, 0.05) is 12.5 Å². The van der Waals surface area contributed by atoms with Gasteiger partial charge in [-0.05, 0) is 50.0 Å². The molecule has 1 rings (SSSR count). The second-order valence-electron chi connectivity index (χ2n) is 5.12. The molecule has 0 aliphatic carbocycles. The number of esters is 1. The molecule has 1 unspecified atom stereocenters. The predicted molar refractivity (Wildman–Crippen MR) is 84.2 cm³/mol. The van der Waals surface area contributed by atoms with E-state index in [1.165, 1.54) is 0 Å². The molecule has 1 aromatic carbocycles. The summed E-state index contributed by atoms with van der Waals surface area (Å²) in [7, 11) is 0. The number of hydrogen-bond donors (Lipinski definition) is 1. The maximum absolute atomic E-state index is 11.2. The van der Waals surface area contributed by atoms with E-state index < -0.39 is 0 Å². The van der Waals surface area contributed by atoms with Crippen molar-refractivity contribution in [2.24, 2.45) is 5.73 Å². The van der Waals surface area contributed by atoms with Crippen molar-refractivity contribution >= 4 is 5.97 Å². The summed E-state index contributed by atoms with van der Waals surface area (Å²) in [5.41, 5.74) is 8.14. The van der Waals surface area contributed by atoms with Crippen LogP contribution in [0.4, 0.5) is 0 Å². The van der Waals surface area contributed by atoms with Crippen molar-refractivity contribution in [1.82, 2.24) is 0 Å². The Bertz CT molecular complexity index is 454. The zero-order valence-corrected chi connectivity index (χ0v) is 12.9. The predicted octanol–water partition coefficient (Wildman–Crippen LogP) is 3.37. The summed E-state index contributed by atoms with van der Waals surface area (Å²) in [6, 6.07) is 7.66. The summed E-state index contributed by atoms with van der Waals surface area (Å²) in [5, 5.41) is 0. The molecule has 4 nitrogen and oxygen atoms in total. The van der Waals surface area contributed by atoms with Crippen LogP contribution in [-0.2, 0) is 9.53 Å². The van der Waals surface area contributed by atoms with Crippen molar-refractivity contribution in [2.45, 2.75) is 39.2 Å². The quantitative estimate of drug-likeness (QED) is 0.559. The number of carbonyl (C=O) groups is 1. The number of benzene rings is 1. The molecule has 0 amide bonds. The Morgan fingerprint density at radius 1 is 1.33 bits per heavy atom. The lowest BCUT2D eigenvalue weighted by atomic mass is 10.0. The molecule has 0 aromatic heterocycles. The fourth-order valence-corrected chi connectivity index (χ4v) is 1.88. The van der Waals surface area contributed by atoms with Gasteiger partial charge in [0.15, 0.2) is 0 Å². The molecule has 0 aliphatic rings. The molecule has 2 N–H and O–H groups in total. The Kier molecular flexibility index (Phi) is 7.54. The molecule has 0 saturated heterocycles. The van der Waals surface area contributed by atoms with Crippen LogP contribution in [0.25, 0.3) is 0 Å². The highest BCUT2D eigenvalue weighted by molar-refractivity contribution is 5.69. The Hall–Kier alpha value is -1.81. The van der Waals surface area contributed by atoms with Crippen molar-refractivity contribution in [1.29, 1.82) is 0 Å². The number of ether oxygens (including phenoxy) is 2. The van der Waals surface area contributed by atoms with Crippen LogP contribution in [-0.4, -0.2) is 19.2 Å². The van der Waals surface area contributed by atoms with Crippen molar-refractivity contribution in [3.63, 3.8) is 0 Å². The molecular formula is C17H25NO3. The smallest absolute Gasteiger partial charge is 0.305 e. The molecule has 1 atom stereocenters. The zero-order valence-electron chi connectivity index (χ0n) is 12.9. The zero-order chi connectivity index (χ0) is 15.7. The Morgan fingerprint density at radius 3 is 2.57 bits per heavy atom. The molecule has 1 aromatic rings. The fourth-order valence-electron chi connectivity index (χ4n) is 1.88. The molecule has 0 fully saturated rings. The van der Waals surface area contributed by atoms with Gasteiger partial charge in [-0.2, -0.15) is 0 Å². The second kappa shape index (κ2) is 9.19. The van der Waals surface area contributed by atoms with Crippen LogP contribution in [0.2, 0.25) is 0 Å². The third-order valence-electron chi connectivity index (χ3n) is 2.99. The van der Waals surface area contributed by atoms with E-state index in [0.717, 1.165) is 29.7 Å². The van der Waals surface area contributed by atoms with E-state index in [0.29, 0.717) is 19.6 Å². The number of carbonyl (C=O) groups excluding carboxylic acids is 1. The molecule has 0 aliphatic heterocycles. The monoisotopic (exact) mass is 291 g/mol. The van der Waals surface area contributed by atoms with E-state index in [4.69, 9.17) is 15.2 Å². The number of rotatable bonds is 9. The van der Waals surface area contributed by atoms with E-state index in [-0.39, 0.29) is 12.0 Å². The highest BCUT2D eigenvalue weighted by Gasteiger charge is 2.08. The van der Waals surface area contributed by atoms with Gasteiger partial charge in [-0.3, -0.25) is 4.79 Å². The van der Waals surface area contributed by atoms with Crippen LogP contribution in [0.5, 0.6) is 5.75 Å². The molecule has 116 valence electrons. The first-order valence-electron chi connectivity index (χ1n) is 7.31. The van der Waals surface area contributed by atoms with E-state index in [1.54, 1.807) is 6.92 Å². The lowest BCUT2D eigenvalue weighted by Crippen LogP contribution is -2.11. The largest absolute Gasteiger partial charge is 0.489 e. The van der Waals surface area contributed by atoms with E-state index in [2.05, 4.69) is 6.58 Å². The molecular weight excluding hydrogens is 266 g/mol. The molecule has 0 heterocycles. The van der Waals surface area contributed by atoms with Crippen LogP contribution in [0, 0.1) is 0 Å². The average Bonchev–Trinajstić information content (AvgIpc) is 2.45. The lowest BCUT2D eigenvalue weighted by Gasteiger charge is -2.13. The summed E-state index contributed by atoms with van der Waals surface area (Å²) < 4.78 is 10.4. The van der Waals surface area contributed by atoms with Gasteiger partial charge in [0.05, 0.1) is 6.61 Å².